The first-order valence-electron chi connectivity index (χ1n) is 5.79. The molecular weight excluding hydrogens is 266 g/mol. The first kappa shape index (κ1) is 13.5. The molecule has 0 radical (unpaired) electrons. The van der Waals surface area contributed by atoms with Crippen molar-refractivity contribution in [3.63, 3.8) is 0 Å². The van der Waals surface area contributed by atoms with Gasteiger partial charge in [0, 0.05) is 12.2 Å². The summed E-state index contributed by atoms with van der Waals surface area (Å²) in [5.74, 6) is -0.894. The lowest BCUT2D eigenvalue weighted by Crippen LogP contribution is -2.46. The van der Waals surface area contributed by atoms with Crippen LogP contribution >= 0.6 is 0 Å². The number of hydrogen-bond acceptors (Lipinski definition) is 5. The number of rotatable bonds is 3. The van der Waals surface area contributed by atoms with Crippen LogP contribution in [0.3, 0.4) is 0 Å². The Morgan fingerprint density at radius 1 is 1.45 bits per heavy atom. The maximum Gasteiger partial charge on any atom is 0.331 e. The van der Waals surface area contributed by atoms with Crippen LogP contribution in [0.25, 0.3) is 0 Å². The van der Waals surface area contributed by atoms with E-state index >= 15 is 0 Å². The molecule has 3 amide bonds. The Balaban J connectivity index is 2.46. The third-order valence-electron chi connectivity index (χ3n) is 2.82. The van der Waals surface area contributed by atoms with E-state index in [1.165, 1.54) is 10.8 Å². The largest absolute Gasteiger partial charge is 0.351 e. The number of amides is 3. The Labute approximate surface area is 112 Å². The van der Waals surface area contributed by atoms with Gasteiger partial charge in [-0.3, -0.25) is 19.5 Å². The van der Waals surface area contributed by atoms with Gasteiger partial charge in [0.2, 0.25) is 5.91 Å². The fourth-order valence-electron chi connectivity index (χ4n) is 1.77. The number of nitrogens with one attached hydrogen (secondary N) is 1. The normalized spacial score (nSPS) is 13.6. The van der Waals surface area contributed by atoms with Gasteiger partial charge in [0.15, 0.2) is 0 Å². The number of urea groups is 1. The highest BCUT2D eigenvalue weighted by Crippen LogP contribution is 2.33. The Hall–Kier alpha value is -2.89. The Morgan fingerprint density at radius 3 is 2.60 bits per heavy atom. The summed E-state index contributed by atoms with van der Waals surface area (Å²) in [5, 5.41) is 10.6. The van der Waals surface area contributed by atoms with E-state index < -0.39 is 29.7 Å². The summed E-state index contributed by atoms with van der Waals surface area (Å²) in [4.78, 5) is 45.9. The van der Waals surface area contributed by atoms with Crippen molar-refractivity contribution < 1.29 is 9.59 Å². The molecular formula is C11H11N5O4. The zero-order valence-corrected chi connectivity index (χ0v) is 10.3. The number of aromatic nitrogens is 2. The summed E-state index contributed by atoms with van der Waals surface area (Å²) in [5.41, 5.74) is 2.99. The second-order valence-corrected chi connectivity index (χ2v) is 4.38. The number of nitriles is 1. The van der Waals surface area contributed by atoms with E-state index in [1.54, 1.807) is 11.4 Å². The molecule has 20 heavy (non-hydrogen) atoms. The van der Waals surface area contributed by atoms with Gasteiger partial charge in [-0.2, -0.15) is 5.26 Å². The molecule has 0 bridgehead atoms. The van der Waals surface area contributed by atoms with Crippen molar-refractivity contribution in [2.75, 3.05) is 0 Å². The number of nitrogens with zero attached hydrogens (tertiary/aromatic N) is 3. The van der Waals surface area contributed by atoms with Crippen molar-refractivity contribution >= 4 is 11.9 Å². The molecule has 9 heteroatoms. The van der Waals surface area contributed by atoms with E-state index in [9.17, 15) is 19.2 Å². The summed E-state index contributed by atoms with van der Waals surface area (Å²) >= 11 is 0. The predicted molar refractivity (Wildman–Crippen MR) is 65.7 cm³/mol. The lowest BCUT2D eigenvalue weighted by atomic mass is 10.3. The number of imide groups is 1. The van der Waals surface area contributed by atoms with Gasteiger partial charge in [-0.15, -0.1) is 0 Å². The molecule has 1 heterocycles. The van der Waals surface area contributed by atoms with Crippen LogP contribution in [0.4, 0.5) is 4.79 Å². The van der Waals surface area contributed by atoms with E-state index in [0.717, 1.165) is 12.8 Å². The van der Waals surface area contributed by atoms with Crippen molar-refractivity contribution in [2.24, 2.45) is 5.73 Å². The molecule has 1 aromatic rings. The van der Waals surface area contributed by atoms with Gasteiger partial charge in [-0.05, 0) is 12.8 Å². The van der Waals surface area contributed by atoms with Crippen LogP contribution in [0, 0.1) is 11.3 Å². The summed E-state index contributed by atoms with van der Waals surface area (Å²) in [7, 11) is 0. The molecule has 0 atom stereocenters. The van der Waals surface area contributed by atoms with Crippen LogP contribution in [0.2, 0.25) is 0 Å². The lowest BCUT2D eigenvalue weighted by Gasteiger charge is -2.09. The highest BCUT2D eigenvalue weighted by atomic mass is 16.2. The standard InChI is InChI=1S/C11H11N5O4/c12-3-6-4-15(7-1-2-7)11(20)16(9(6)18)5-8(17)14-10(13)19/h4,7H,1-2,5H2,(H3,13,14,17,19). The Morgan fingerprint density at radius 2 is 2.10 bits per heavy atom. The molecule has 0 aromatic carbocycles. The SMILES string of the molecule is N#Cc1cn(C2CC2)c(=O)n(CC(=O)NC(N)=O)c1=O. The molecule has 0 aliphatic heterocycles. The van der Waals surface area contributed by atoms with Crippen LogP contribution in [0.1, 0.15) is 24.4 Å². The minimum absolute atomic E-state index is 0.0550. The maximum absolute atomic E-state index is 12.1. The highest BCUT2D eigenvalue weighted by Gasteiger charge is 2.27. The summed E-state index contributed by atoms with van der Waals surface area (Å²) in [6, 6.07) is 0.547. The van der Waals surface area contributed by atoms with Crippen LogP contribution in [0.5, 0.6) is 0 Å². The van der Waals surface area contributed by atoms with Gasteiger partial charge in [0.25, 0.3) is 5.56 Å². The smallest absolute Gasteiger partial charge is 0.331 e. The molecule has 1 fully saturated rings. The first-order valence-corrected chi connectivity index (χ1v) is 5.79. The average Bonchev–Trinajstić information content (AvgIpc) is 3.18. The van der Waals surface area contributed by atoms with Gasteiger partial charge in [0.1, 0.15) is 18.2 Å². The van der Waals surface area contributed by atoms with E-state index in [0.29, 0.717) is 4.57 Å². The molecule has 1 aromatic heterocycles. The molecule has 2 rings (SSSR count). The van der Waals surface area contributed by atoms with Crippen molar-refractivity contribution in [3.05, 3.63) is 32.6 Å². The Bertz CT molecular complexity index is 735. The molecule has 1 aliphatic carbocycles. The zero-order valence-electron chi connectivity index (χ0n) is 10.3. The molecule has 9 nitrogen and oxygen atoms in total. The first-order chi connectivity index (χ1) is 9.43. The number of nitrogens with two attached hydrogens (primary N) is 1. The van der Waals surface area contributed by atoms with Crippen LogP contribution < -0.4 is 22.3 Å². The highest BCUT2D eigenvalue weighted by molar-refractivity contribution is 5.93. The molecule has 104 valence electrons. The van der Waals surface area contributed by atoms with Gasteiger partial charge >= 0.3 is 11.7 Å². The van der Waals surface area contributed by atoms with E-state index in [4.69, 9.17) is 11.0 Å². The molecule has 0 saturated heterocycles. The topological polar surface area (TPSA) is 140 Å². The second kappa shape index (κ2) is 5.00. The molecule has 3 N–H and O–H groups in total. The van der Waals surface area contributed by atoms with Gasteiger partial charge in [-0.25, -0.2) is 14.2 Å². The maximum atomic E-state index is 12.1. The lowest BCUT2D eigenvalue weighted by molar-refractivity contribution is -0.120. The quantitative estimate of drug-likeness (QED) is 0.685. The third-order valence-corrected chi connectivity index (χ3v) is 2.82. The van der Waals surface area contributed by atoms with Crippen molar-refractivity contribution in [3.8, 4) is 6.07 Å². The van der Waals surface area contributed by atoms with Crippen molar-refractivity contribution in [1.29, 1.82) is 5.26 Å². The summed E-state index contributed by atoms with van der Waals surface area (Å²) in [6.45, 7) is -0.664. The number of carbonyl (C=O) groups excluding carboxylic acids is 2. The number of primary amides is 1. The molecule has 0 unspecified atom stereocenters. The van der Waals surface area contributed by atoms with E-state index in [2.05, 4.69) is 0 Å². The average molecular weight is 277 g/mol. The van der Waals surface area contributed by atoms with E-state index in [1.807, 2.05) is 0 Å². The minimum Gasteiger partial charge on any atom is -0.351 e. The van der Waals surface area contributed by atoms with Crippen molar-refractivity contribution in [1.82, 2.24) is 14.5 Å². The summed E-state index contributed by atoms with van der Waals surface area (Å²) < 4.78 is 1.88. The predicted octanol–water partition coefficient (Wildman–Crippen LogP) is -1.59. The minimum atomic E-state index is -1.08. The summed E-state index contributed by atoms with van der Waals surface area (Å²) in [6.07, 6.45) is 2.75. The fraction of sp³-hybridized carbons (Fsp3) is 0.364. The third kappa shape index (κ3) is 2.59. The fourth-order valence-corrected chi connectivity index (χ4v) is 1.77. The van der Waals surface area contributed by atoms with Crippen molar-refractivity contribution in [2.45, 2.75) is 25.4 Å². The molecule has 1 aliphatic rings. The number of hydrogen-bond donors (Lipinski definition) is 2. The monoisotopic (exact) mass is 277 g/mol. The molecule has 1 saturated carbocycles. The van der Waals surface area contributed by atoms with Gasteiger partial charge in [0.05, 0.1) is 0 Å². The van der Waals surface area contributed by atoms with E-state index in [-0.39, 0.29) is 11.6 Å². The van der Waals surface area contributed by atoms with Gasteiger partial charge < -0.3 is 5.73 Å². The van der Waals surface area contributed by atoms with Crippen LogP contribution in [-0.2, 0) is 11.3 Å². The van der Waals surface area contributed by atoms with Crippen LogP contribution in [-0.4, -0.2) is 21.1 Å². The van der Waals surface area contributed by atoms with Gasteiger partial charge in [-0.1, -0.05) is 0 Å². The molecule has 0 spiro atoms. The van der Waals surface area contributed by atoms with Crippen LogP contribution in [0.15, 0.2) is 15.8 Å². The zero-order chi connectivity index (χ0) is 14.9. The Kier molecular flexibility index (Phi) is 3.39. The second-order valence-electron chi connectivity index (χ2n) is 4.38. The number of carbonyl (C=O) groups is 2.